The van der Waals surface area contributed by atoms with Gasteiger partial charge in [-0.25, -0.2) is 9.97 Å². The van der Waals surface area contributed by atoms with Crippen LogP contribution in [0, 0.1) is 0 Å². The molecule has 0 saturated carbocycles. The predicted molar refractivity (Wildman–Crippen MR) is 170 cm³/mol. The van der Waals surface area contributed by atoms with Crippen LogP contribution in [0.1, 0.15) is 51.3 Å². The lowest BCUT2D eigenvalue weighted by Crippen LogP contribution is -2.31. The number of para-hydroxylation sites is 2. The zero-order chi connectivity index (χ0) is 28.4. The Labute approximate surface area is 242 Å². The first-order valence-electron chi connectivity index (χ1n) is 14.3. The molecule has 202 valence electrons. The van der Waals surface area contributed by atoms with Crippen LogP contribution in [0.25, 0.3) is 28.2 Å². The fourth-order valence-corrected chi connectivity index (χ4v) is 6.15. The lowest BCUT2D eigenvalue weighted by Gasteiger charge is -2.42. The number of hydrogen-bond acceptors (Lipinski definition) is 3. The maximum Gasteiger partial charge on any atom is 0.178 e. The first kappa shape index (κ1) is 25.3. The highest BCUT2D eigenvalue weighted by atomic mass is 15.2. The van der Waals surface area contributed by atoms with Crippen LogP contribution in [-0.2, 0) is 10.8 Å². The third-order valence-electron chi connectivity index (χ3n) is 8.42. The van der Waals surface area contributed by atoms with Crippen molar-refractivity contribution in [3.8, 4) is 17.1 Å². The molecule has 0 unspecified atom stereocenters. The predicted octanol–water partition coefficient (Wildman–Crippen LogP) is 9.49. The highest BCUT2D eigenvalue weighted by Crippen LogP contribution is 2.52. The van der Waals surface area contributed by atoms with E-state index in [2.05, 4.69) is 146 Å². The maximum absolute atomic E-state index is 4.96. The highest BCUT2D eigenvalue weighted by molar-refractivity contribution is 5.87. The summed E-state index contributed by atoms with van der Waals surface area (Å²) in [5.41, 5.74) is 11.4. The van der Waals surface area contributed by atoms with Crippen LogP contribution in [0.5, 0.6) is 0 Å². The molecule has 41 heavy (non-hydrogen) atoms. The van der Waals surface area contributed by atoms with Crippen molar-refractivity contribution in [3.63, 3.8) is 0 Å². The van der Waals surface area contributed by atoms with Gasteiger partial charge in [0.25, 0.3) is 0 Å². The molecule has 0 N–H and O–H groups in total. The van der Waals surface area contributed by atoms with Crippen molar-refractivity contribution in [1.29, 1.82) is 0 Å². The summed E-state index contributed by atoms with van der Waals surface area (Å²) in [5.74, 6) is 0.881. The number of aromatic nitrogens is 3. The molecule has 4 aromatic carbocycles. The largest absolute Gasteiger partial charge is 0.310 e. The Kier molecular flexibility index (Phi) is 5.65. The molecule has 1 aliphatic rings. The first-order valence-corrected chi connectivity index (χ1v) is 14.3. The number of imidazole rings is 1. The van der Waals surface area contributed by atoms with Crippen molar-refractivity contribution in [2.24, 2.45) is 0 Å². The molecule has 2 aromatic heterocycles. The molecule has 0 fully saturated rings. The first-order chi connectivity index (χ1) is 19.7. The van der Waals surface area contributed by atoms with E-state index >= 15 is 0 Å². The minimum atomic E-state index is -0.114. The van der Waals surface area contributed by atoms with Gasteiger partial charge in [0, 0.05) is 28.6 Å². The standard InChI is InChI=1S/C37H34N4/c1-36(2,3)26-19-22-32-30(24-26)37(4,5)29-14-9-10-15-31(29)40(32)28-20-17-25(18-21-28)35-39-34-33(16-11-23-38-34)41(35)27-12-7-6-8-13-27/h6-24H,1-5H3. The van der Waals surface area contributed by atoms with Crippen LogP contribution in [0.4, 0.5) is 17.1 Å². The van der Waals surface area contributed by atoms with Crippen LogP contribution in [-0.4, -0.2) is 14.5 Å². The van der Waals surface area contributed by atoms with Gasteiger partial charge in [-0.1, -0.05) is 83.1 Å². The molecule has 0 aliphatic carbocycles. The van der Waals surface area contributed by atoms with Crippen molar-refractivity contribution in [2.75, 3.05) is 4.90 Å². The monoisotopic (exact) mass is 534 g/mol. The minimum Gasteiger partial charge on any atom is -0.310 e. The molecule has 0 amide bonds. The van der Waals surface area contributed by atoms with E-state index in [1.165, 1.54) is 28.1 Å². The molecule has 4 nitrogen and oxygen atoms in total. The van der Waals surface area contributed by atoms with E-state index in [1.54, 1.807) is 6.20 Å². The van der Waals surface area contributed by atoms with E-state index in [-0.39, 0.29) is 10.8 Å². The molecule has 1 aliphatic heterocycles. The van der Waals surface area contributed by atoms with Crippen molar-refractivity contribution in [2.45, 2.75) is 45.4 Å². The zero-order valence-corrected chi connectivity index (χ0v) is 24.3. The second kappa shape index (κ2) is 9.17. The fourth-order valence-electron chi connectivity index (χ4n) is 6.15. The molecule has 0 bridgehead atoms. The molecular formula is C37H34N4. The summed E-state index contributed by atoms with van der Waals surface area (Å²) in [7, 11) is 0. The Morgan fingerprint density at radius 1 is 0.659 bits per heavy atom. The number of pyridine rings is 1. The second-order valence-corrected chi connectivity index (χ2v) is 12.5. The molecule has 7 rings (SSSR count). The van der Waals surface area contributed by atoms with Crippen molar-refractivity contribution >= 4 is 28.2 Å². The molecule has 0 saturated heterocycles. The molecule has 0 spiro atoms. The minimum absolute atomic E-state index is 0.0770. The van der Waals surface area contributed by atoms with Gasteiger partial charge in [-0.3, -0.25) is 4.57 Å². The van der Waals surface area contributed by atoms with E-state index in [4.69, 9.17) is 4.98 Å². The summed E-state index contributed by atoms with van der Waals surface area (Å²) in [6.07, 6.45) is 1.80. The summed E-state index contributed by atoms with van der Waals surface area (Å²) < 4.78 is 2.19. The zero-order valence-electron chi connectivity index (χ0n) is 24.3. The molecule has 0 atom stereocenters. The lowest BCUT2D eigenvalue weighted by molar-refractivity contribution is 0.580. The quantitative estimate of drug-likeness (QED) is 0.227. The lowest BCUT2D eigenvalue weighted by atomic mass is 9.71. The fraction of sp³-hybridized carbons (Fsp3) is 0.189. The summed E-state index contributed by atoms with van der Waals surface area (Å²) in [5, 5.41) is 0. The molecule has 4 heteroatoms. The number of benzene rings is 4. The van der Waals surface area contributed by atoms with Crippen LogP contribution in [0.2, 0.25) is 0 Å². The third-order valence-corrected chi connectivity index (χ3v) is 8.42. The summed E-state index contributed by atoms with van der Waals surface area (Å²) in [4.78, 5) is 11.9. The van der Waals surface area contributed by atoms with Crippen LogP contribution >= 0.6 is 0 Å². The number of hydrogen-bond donors (Lipinski definition) is 0. The van der Waals surface area contributed by atoms with Crippen molar-refractivity contribution < 1.29 is 0 Å². The van der Waals surface area contributed by atoms with Gasteiger partial charge in [-0.15, -0.1) is 0 Å². The Bertz CT molecular complexity index is 1890. The van der Waals surface area contributed by atoms with Crippen LogP contribution < -0.4 is 4.90 Å². The Morgan fingerprint density at radius 3 is 2.12 bits per heavy atom. The Morgan fingerprint density at radius 2 is 1.37 bits per heavy atom. The number of fused-ring (bicyclic) bond motifs is 3. The van der Waals surface area contributed by atoms with Crippen LogP contribution in [0.3, 0.4) is 0 Å². The normalized spacial score (nSPS) is 14.1. The highest BCUT2D eigenvalue weighted by Gasteiger charge is 2.37. The van der Waals surface area contributed by atoms with Gasteiger partial charge in [0.05, 0.1) is 16.9 Å². The van der Waals surface area contributed by atoms with E-state index in [1.807, 2.05) is 12.1 Å². The average Bonchev–Trinajstić information content (AvgIpc) is 3.37. The average molecular weight is 535 g/mol. The molecule has 6 aromatic rings. The van der Waals surface area contributed by atoms with Gasteiger partial charge in [0.1, 0.15) is 5.82 Å². The number of anilines is 3. The topological polar surface area (TPSA) is 34.0 Å². The van der Waals surface area contributed by atoms with Gasteiger partial charge in [-0.05, 0) is 82.8 Å². The van der Waals surface area contributed by atoms with Gasteiger partial charge in [-0.2, -0.15) is 0 Å². The van der Waals surface area contributed by atoms with Gasteiger partial charge in [0.15, 0.2) is 5.65 Å². The van der Waals surface area contributed by atoms with E-state index in [0.29, 0.717) is 0 Å². The summed E-state index contributed by atoms with van der Waals surface area (Å²) in [6, 6.07) is 39.0. The molecule has 3 heterocycles. The second-order valence-electron chi connectivity index (χ2n) is 12.5. The van der Waals surface area contributed by atoms with Crippen molar-refractivity contribution in [3.05, 3.63) is 132 Å². The van der Waals surface area contributed by atoms with Gasteiger partial charge >= 0.3 is 0 Å². The van der Waals surface area contributed by atoms with Crippen LogP contribution in [0.15, 0.2) is 115 Å². The van der Waals surface area contributed by atoms with E-state index in [9.17, 15) is 0 Å². The van der Waals surface area contributed by atoms with E-state index in [0.717, 1.165) is 33.9 Å². The third kappa shape index (κ3) is 4.05. The smallest absolute Gasteiger partial charge is 0.178 e. The Hall–Kier alpha value is -4.70. The Balaban J connectivity index is 1.38. The summed E-state index contributed by atoms with van der Waals surface area (Å²) in [6.45, 7) is 11.5. The van der Waals surface area contributed by atoms with Gasteiger partial charge in [0.2, 0.25) is 0 Å². The molecule has 0 radical (unpaired) electrons. The maximum atomic E-state index is 4.96. The summed E-state index contributed by atoms with van der Waals surface area (Å²) >= 11 is 0. The number of nitrogens with zero attached hydrogens (tertiary/aromatic N) is 4. The van der Waals surface area contributed by atoms with Gasteiger partial charge < -0.3 is 4.90 Å². The number of rotatable bonds is 3. The molecular weight excluding hydrogens is 500 g/mol. The SMILES string of the molecule is CC(C)(C)c1ccc2c(c1)C(C)(C)c1ccccc1N2c1ccc(-c2nc3ncccc3n2-c2ccccc2)cc1. The van der Waals surface area contributed by atoms with Crippen molar-refractivity contribution in [1.82, 2.24) is 14.5 Å². The van der Waals surface area contributed by atoms with E-state index < -0.39 is 0 Å².